The number of nitrogens with two attached hydrogens (primary N) is 1. The lowest BCUT2D eigenvalue weighted by Gasteiger charge is -2.17. The third-order valence-corrected chi connectivity index (χ3v) is 5.54. The zero-order valence-electron chi connectivity index (χ0n) is 25.3. The van der Waals surface area contributed by atoms with Gasteiger partial charge in [0.2, 0.25) is 6.10 Å². The highest BCUT2D eigenvalue weighted by Crippen LogP contribution is 2.21. The second-order valence-electron chi connectivity index (χ2n) is 8.97. The van der Waals surface area contributed by atoms with Gasteiger partial charge in [-0.1, -0.05) is 0 Å². The second kappa shape index (κ2) is 19.2. The van der Waals surface area contributed by atoms with Crippen LogP contribution in [0.15, 0.2) is 61.2 Å². The number of hydrogen-bond donors (Lipinski definition) is 3. The van der Waals surface area contributed by atoms with E-state index in [-0.39, 0.29) is 26.3 Å². The molecule has 0 saturated carbocycles. The average Bonchev–Trinajstić information content (AvgIpc) is 3.77. The first-order chi connectivity index (χ1) is 22.8. The molecule has 13 nitrogen and oxygen atoms in total. The van der Waals surface area contributed by atoms with Gasteiger partial charge in [-0.25, -0.2) is 40.7 Å². The predicted molar refractivity (Wildman–Crippen MR) is 155 cm³/mol. The van der Waals surface area contributed by atoms with Gasteiger partial charge in [-0.3, -0.25) is 14.7 Å². The Kier molecular flexibility index (Phi) is 15.4. The first-order valence-electron chi connectivity index (χ1n) is 13.7. The molecule has 0 fully saturated rings. The van der Waals surface area contributed by atoms with Crippen LogP contribution < -0.4 is 11.1 Å². The van der Waals surface area contributed by atoms with E-state index < -0.39 is 76.5 Å². The summed E-state index contributed by atoms with van der Waals surface area (Å²) in [7, 11) is 0. The number of nitrogens with zero attached hydrogens (tertiary/aromatic N) is 4. The smallest absolute Gasteiger partial charge is 0.412 e. The lowest BCUT2D eigenvalue weighted by molar-refractivity contribution is -0.154. The molecule has 4 N–H and O–H groups in total. The molecule has 48 heavy (non-hydrogen) atoms. The van der Waals surface area contributed by atoms with Gasteiger partial charge in [-0.05, 0) is 50.2 Å². The summed E-state index contributed by atoms with van der Waals surface area (Å²) < 4.78 is 93.9. The van der Waals surface area contributed by atoms with E-state index in [9.17, 15) is 45.8 Å². The van der Waals surface area contributed by atoms with Gasteiger partial charge in [-0.15, -0.1) is 0 Å². The zero-order valence-corrected chi connectivity index (χ0v) is 25.3. The second-order valence-corrected chi connectivity index (χ2v) is 8.97. The first kappa shape index (κ1) is 38.6. The molecule has 1 amide bonds. The summed E-state index contributed by atoms with van der Waals surface area (Å²) in [5, 5.41) is 18.7. The van der Waals surface area contributed by atoms with Crippen molar-refractivity contribution in [3.05, 3.63) is 96.1 Å². The summed E-state index contributed by atoms with van der Waals surface area (Å²) in [6, 6.07) is 5.97. The summed E-state index contributed by atoms with van der Waals surface area (Å²) in [5.74, 6) is -9.04. The number of aliphatic hydroxyl groups is 1. The Morgan fingerprint density at radius 1 is 0.792 bits per heavy atom. The Labute approximate surface area is 268 Å². The van der Waals surface area contributed by atoms with E-state index in [0.29, 0.717) is 18.2 Å². The maximum atomic E-state index is 13.6. The summed E-state index contributed by atoms with van der Waals surface area (Å²) in [6.07, 6.45) is 2.30. The lowest BCUT2D eigenvalue weighted by atomic mass is 10.3. The molecule has 0 spiro atoms. The van der Waals surface area contributed by atoms with Crippen molar-refractivity contribution in [1.29, 1.82) is 0 Å². The number of rotatable bonds is 10. The molecule has 260 valence electrons. The lowest BCUT2D eigenvalue weighted by Crippen LogP contribution is -2.35. The van der Waals surface area contributed by atoms with Gasteiger partial charge in [0.1, 0.15) is 23.0 Å². The van der Waals surface area contributed by atoms with Crippen molar-refractivity contribution in [1.82, 2.24) is 19.6 Å². The molecule has 2 atom stereocenters. The van der Waals surface area contributed by atoms with Crippen LogP contribution in [0.1, 0.15) is 13.8 Å². The van der Waals surface area contributed by atoms with Gasteiger partial charge >= 0.3 is 18.0 Å². The summed E-state index contributed by atoms with van der Waals surface area (Å²) >= 11 is 0. The number of benzene rings is 2. The SMILES string of the molecule is CCOC(=O)C(Cn1cccn1)OC(=O)Nc1c(F)ccc(F)c1F.CCOC(=O)C(O)Cn1cccn1.Nc1c(F)ccc(F)c1F. The van der Waals surface area contributed by atoms with Crippen molar-refractivity contribution < 1.29 is 60.0 Å². The number of aliphatic hydroxyl groups excluding tert-OH is 1. The number of aromatic nitrogens is 4. The van der Waals surface area contributed by atoms with Gasteiger partial charge in [-0.2, -0.15) is 10.2 Å². The highest BCUT2D eigenvalue weighted by atomic mass is 19.2. The predicted octanol–water partition coefficient (Wildman–Crippen LogP) is 3.97. The van der Waals surface area contributed by atoms with Crippen molar-refractivity contribution in [2.75, 3.05) is 24.3 Å². The number of carbonyl (C=O) groups is 3. The Bertz CT molecular complexity index is 1600. The van der Waals surface area contributed by atoms with Crippen molar-refractivity contribution in [3.8, 4) is 0 Å². The molecule has 2 aromatic carbocycles. The van der Waals surface area contributed by atoms with E-state index in [0.717, 1.165) is 6.07 Å². The van der Waals surface area contributed by atoms with Crippen LogP contribution in [-0.4, -0.2) is 68.1 Å². The summed E-state index contributed by atoms with van der Waals surface area (Å²) in [5.41, 5.74) is 2.99. The van der Waals surface area contributed by atoms with Gasteiger partial charge < -0.3 is 25.1 Å². The molecule has 2 heterocycles. The monoisotopic (exact) mass is 688 g/mol. The van der Waals surface area contributed by atoms with Gasteiger partial charge in [0, 0.05) is 24.8 Å². The minimum absolute atomic E-state index is 0.0343. The maximum absolute atomic E-state index is 13.6. The molecule has 19 heteroatoms. The fourth-order valence-corrected chi connectivity index (χ4v) is 3.32. The number of esters is 2. The van der Waals surface area contributed by atoms with E-state index in [4.69, 9.17) is 15.2 Å². The minimum Gasteiger partial charge on any atom is -0.464 e. The normalized spacial score (nSPS) is 11.5. The first-order valence-corrected chi connectivity index (χ1v) is 13.7. The van der Waals surface area contributed by atoms with Crippen LogP contribution in [-0.2, 0) is 36.9 Å². The number of halogens is 6. The number of anilines is 2. The third kappa shape index (κ3) is 12.0. The fourth-order valence-electron chi connectivity index (χ4n) is 3.32. The number of carbonyl (C=O) groups excluding carboxylic acids is 3. The molecule has 2 unspecified atom stereocenters. The van der Waals surface area contributed by atoms with Crippen LogP contribution in [0.5, 0.6) is 0 Å². The minimum atomic E-state index is -1.59. The molecule has 4 rings (SSSR count). The number of amides is 1. The standard InChI is InChI=1S/C15H14F3N3O4.C8H12N2O3.C6H4F3N/c1-2-24-14(22)11(8-21-7-3-6-19-21)25-15(23)20-13-10(17)5-4-9(16)12(13)18;1-2-13-8(12)7(11)6-10-5-3-4-9-10;7-3-1-2-4(8)6(10)5(3)9/h3-7,11H,2,8H2,1H3,(H,20,23);3-5,7,11H,2,6H2,1H3;1-2H,10H2. The molecular weight excluding hydrogens is 658 g/mol. The molecule has 0 aliphatic carbocycles. The maximum Gasteiger partial charge on any atom is 0.412 e. The van der Waals surface area contributed by atoms with E-state index in [1.54, 1.807) is 43.7 Å². The summed E-state index contributed by atoms with van der Waals surface area (Å²) in [6.45, 7) is 3.51. The molecule has 0 radical (unpaired) electrons. The Hall–Kier alpha value is -5.59. The van der Waals surface area contributed by atoms with Crippen molar-refractivity contribution in [3.63, 3.8) is 0 Å². The third-order valence-electron chi connectivity index (χ3n) is 5.54. The number of nitrogens with one attached hydrogen (secondary N) is 1. The largest absolute Gasteiger partial charge is 0.464 e. The fraction of sp³-hybridized carbons (Fsp3) is 0.276. The van der Waals surface area contributed by atoms with Crippen LogP contribution >= 0.6 is 0 Å². The van der Waals surface area contributed by atoms with Gasteiger partial charge in [0.05, 0.1) is 26.3 Å². The highest BCUT2D eigenvalue weighted by Gasteiger charge is 2.27. The number of hydrogen-bond acceptors (Lipinski definition) is 10. The van der Waals surface area contributed by atoms with Gasteiger partial charge in [0.15, 0.2) is 29.4 Å². The summed E-state index contributed by atoms with van der Waals surface area (Å²) in [4.78, 5) is 34.7. The van der Waals surface area contributed by atoms with Gasteiger partial charge in [0.25, 0.3) is 0 Å². The molecule has 4 aromatic rings. The Morgan fingerprint density at radius 3 is 1.81 bits per heavy atom. The topological polar surface area (TPSA) is 173 Å². The van der Waals surface area contributed by atoms with E-state index >= 15 is 0 Å². The Morgan fingerprint density at radius 2 is 1.29 bits per heavy atom. The number of ether oxygens (including phenoxy) is 3. The molecule has 0 saturated heterocycles. The van der Waals surface area contributed by atoms with Crippen LogP contribution in [0.25, 0.3) is 0 Å². The van der Waals surface area contributed by atoms with Crippen molar-refractivity contribution in [2.24, 2.45) is 0 Å². The number of nitrogen functional groups attached to an aromatic ring is 1. The van der Waals surface area contributed by atoms with Crippen LogP contribution in [0.2, 0.25) is 0 Å². The van der Waals surface area contributed by atoms with E-state index in [1.165, 1.54) is 21.8 Å². The molecule has 0 bridgehead atoms. The van der Waals surface area contributed by atoms with Crippen LogP contribution in [0, 0.1) is 34.9 Å². The quantitative estimate of drug-likeness (QED) is 0.0728. The van der Waals surface area contributed by atoms with Crippen molar-refractivity contribution in [2.45, 2.75) is 39.1 Å². The molecule has 2 aromatic heterocycles. The van der Waals surface area contributed by atoms with E-state index in [2.05, 4.69) is 14.9 Å². The van der Waals surface area contributed by atoms with Crippen LogP contribution in [0.3, 0.4) is 0 Å². The van der Waals surface area contributed by atoms with Crippen molar-refractivity contribution >= 4 is 29.4 Å². The van der Waals surface area contributed by atoms with E-state index in [1.807, 2.05) is 0 Å². The highest BCUT2D eigenvalue weighted by molar-refractivity contribution is 5.87. The Balaban J connectivity index is 0.000000288. The molecule has 0 aliphatic heterocycles. The molecular formula is C29H30F6N6O7. The zero-order chi connectivity index (χ0) is 35.8. The molecule has 0 aliphatic rings. The average molecular weight is 689 g/mol. The van der Waals surface area contributed by atoms with Crippen LogP contribution in [0.4, 0.5) is 42.5 Å².